The van der Waals surface area contributed by atoms with Crippen molar-refractivity contribution in [3.63, 3.8) is 0 Å². The van der Waals surface area contributed by atoms with Crippen LogP contribution in [0.5, 0.6) is 0 Å². The number of hydrogen-bond acceptors (Lipinski definition) is 5. The smallest absolute Gasteiger partial charge is 0.308 e. The summed E-state index contributed by atoms with van der Waals surface area (Å²) in [6, 6.07) is 5.71. The molecule has 0 bridgehead atoms. The zero-order valence-corrected chi connectivity index (χ0v) is 13.6. The molecule has 7 nitrogen and oxygen atoms in total. The number of carbonyl (C=O) groups excluding carboxylic acids is 1. The largest absolute Gasteiger partial charge is 0.469 e. The number of aryl methyl sites for hydroxylation is 1. The van der Waals surface area contributed by atoms with Crippen LogP contribution in [0.2, 0.25) is 0 Å². The lowest BCUT2D eigenvalue weighted by molar-refractivity contribution is -0.144. The third-order valence-corrected chi connectivity index (χ3v) is 3.97. The third kappa shape index (κ3) is 2.69. The number of esters is 1. The van der Waals surface area contributed by atoms with Gasteiger partial charge in [-0.2, -0.15) is 10.1 Å². The van der Waals surface area contributed by atoms with E-state index in [-0.39, 0.29) is 11.9 Å². The number of nitrogens with zero attached hydrogens (tertiary/aromatic N) is 5. The molecule has 3 aromatic rings. The first-order valence-electron chi connectivity index (χ1n) is 7.46. The SMILES string of the molecule is COC(=O)C(C)Cc1c(C)nn(-c2nc3ccccn3n2)c1C. The van der Waals surface area contributed by atoms with Gasteiger partial charge in [-0.15, -0.1) is 5.10 Å². The number of fused-ring (bicyclic) bond motifs is 1. The van der Waals surface area contributed by atoms with E-state index in [2.05, 4.69) is 15.2 Å². The van der Waals surface area contributed by atoms with Crippen molar-refractivity contribution in [2.45, 2.75) is 27.2 Å². The summed E-state index contributed by atoms with van der Waals surface area (Å²) in [6.07, 6.45) is 2.43. The molecule has 0 saturated heterocycles. The maximum absolute atomic E-state index is 11.7. The second-order valence-corrected chi connectivity index (χ2v) is 5.60. The Kier molecular flexibility index (Phi) is 3.85. The summed E-state index contributed by atoms with van der Waals surface area (Å²) in [5.74, 6) is 0.0836. The van der Waals surface area contributed by atoms with Crippen molar-refractivity contribution < 1.29 is 9.53 Å². The van der Waals surface area contributed by atoms with E-state index in [4.69, 9.17) is 4.74 Å². The Morgan fingerprint density at radius 3 is 2.78 bits per heavy atom. The Labute approximate surface area is 133 Å². The average molecular weight is 313 g/mol. The molecule has 0 aliphatic carbocycles. The molecule has 1 unspecified atom stereocenters. The standard InChI is InChI=1S/C16H19N5O2/c1-10(15(22)23-4)9-13-11(2)18-21(12(13)3)16-17-14-7-5-6-8-20(14)19-16/h5-8,10H,9H2,1-4H3. The molecule has 0 spiro atoms. The first-order chi connectivity index (χ1) is 11.0. The summed E-state index contributed by atoms with van der Waals surface area (Å²) in [5, 5.41) is 8.98. The van der Waals surface area contributed by atoms with Gasteiger partial charge in [0, 0.05) is 11.9 Å². The van der Waals surface area contributed by atoms with Gasteiger partial charge in [0.25, 0.3) is 5.95 Å². The predicted molar refractivity (Wildman–Crippen MR) is 84.5 cm³/mol. The lowest BCUT2D eigenvalue weighted by Crippen LogP contribution is -2.16. The molecule has 3 heterocycles. The average Bonchev–Trinajstić information content (AvgIpc) is 3.09. The minimum Gasteiger partial charge on any atom is -0.469 e. The van der Waals surface area contributed by atoms with Crippen LogP contribution in [0.15, 0.2) is 24.4 Å². The van der Waals surface area contributed by atoms with Gasteiger partial charge >= 0.3 is 5.97 Å². The highest BCUT2D eigenvalue weighted by atomic mass is 16.5. The zero-order chi connectivity index (χ0) is 16.6. The van der Waals surface area contributed by atoms with Crippen LogP contribution in [0, 0.1) is 19.8 Å². The number of ether oxygens (including phenoxy) is 1. The molecule has 1 atom stereocenters. The highest BCUT2D eigenvalue weighted by Crippen LogP contribution is 2.20. The van der Waals surface area contributed by atoms with Gasteiger partial charge in [-0.1, -0.05) is 13.0 Å². The second-order valence-electron chi connectivity index (χ2n) is 5.60. The first kappa shape index (κ1) is 15.2. The Morgan fingerprint density at radius 1 is 1.30 bits per heavy atom. The van der Waals surface area contributed by atoms with E-state index in [1.165, 1.54) is 7.11 Å². The van der Waals surface area contributed by atoms with E-state index >= 15 is 0 Å². The van der Waals surface area contributed by atoms with E-state index in [1.54, 1.807) is 9.20 Å². The monoisotopic (exact) mass is 313 g/mol. The number of carbonyl (C=O) groups is 1. The van der Waals surface area contributed by atoms with Crippen molar-refractivity contribution in [3.05, 3.63) is 41.3 Å². The minimum absolute atomic E-state index is 0.218. The van der Waals surface area contributed by atoms with Crippen LogP contribution in [0.1, 0.15) is 23.9 Å². The quantitative estimate of drug-likeness (QED) is 0.688. The molecular formula is C16H19N5O2. The second kappa shape index (κ2) is 5.83. The van der Waals surface area contributed by atoms with Gasteiger partial charge < -0.3 is 4.74 Å². The Morgan fingerprint density at radius 2 is 2.09 bits per heavy atom. The molecule has 0 saturated carbocycles. The van der Waals surface area contributed by atoms with Crippen LogP contribution < -0.4 is 0 Å². The topological polar surface area (TPSA) is 74.3 Å². The fourth-order valence-corrected chi connectivity index (χ4v) is 2.67. The summed E-state index contributed by atoms with van der Waals surface area (Å²) in [7, 11) is 1.41. The first-order valence-corrected chi connectivity index (χ1v) is 7.46. The highest BCUT2D eigenvalue weighted by molar-refractivity contribution is 5.72. The molecule has 0 aliphatic rings. The molecule has 0 radical (unpaired) electrons. The van der Waals surface area contributed by atoms with Crippen molar-refractivity contribution in [1.29, 1.82) is 0 Å². The summed E-state index contributed by atoms with van der Waals surface area (Å²) >= 11 is 0. The Bertz CT molecular complexity index is 832. The van der Waals surface area contributed by atoms with Gasteiger partial charge in [0.05, 0.1) is 18.7 Å². The molecule has 3 aromatic heterocycles. The van der Waals surface area contributed by atoms with Crippen molar-refractivity contribution in [2.24, 2.45) is 5.92 Å². The maximum atomic E-state index is 11.7. The fourth-order valence-electron chi connectivity index (χ4n) is 2.67. The molecule has 0 amide bonds. The molecular weight excluding hydrogens is 294 g/mol. The number of aromatic nitrogens is 5. The summed E-state index contributed by atoms with van der Waals surface area (Å²) in [4.78, 5) is 16.1. The van der Waals surface area contributed by atoms with Gasteiger partial charge in [-0.05, 0) is 38.0 Å². The molecule has 120 valence electrons. The number of rotatable bonds is 4. The van der Waals surface area contributed by atoms with Crippen molar-refractivity contribution in [2.75, 3.05) is 7.11 Å². The van der Waals surface area contributed by atoms with E-state index in [1.807, 2.05) is 45.2 Å². The summed E-state index contributed by atoms with van der Waals surface area (Å²) in [6.45, 7) is 5.74. The maximum Gasteiger partial charge on any atom is 0.308 e. The van der Waals surface area contributed by atoms with Gasteiger partial charge in [-0.25, -0.2) is 9.20 Å². The lowest BCUT2D eigenvalue weighted by Gasteiger charge is -2.09. The van der Waals surface area contributed by atoms with E-state index in [0.29, 0.717) is 12.4 Å². The Hall–Kier alpha value is -2.70. The molecule has 3 rings (SSSR count). The summed E-state index contributed by atoms with van der Waals surface area (Å²) < 4.78 is 8.24. The van der Waals surface area contributed by atoms with Crippen LogP contribution in [0.25, 0.3) is 11.6 Å². The van der Waals surface area contributed by atoms with Crippen molar-refractivity contribution in [1.82, 2.24) is 24.4 Å². The van der Waals surface area contributed by atoms with Crippen LogP contribution in [-0.4, -0.2) is 37.5 Å². The number of methoxy groups -OCH3 is 1. The lowest BCUT2D eigenvalue weighted by atomic mass is 10.00. The molecule has 0 aliphatic heterocycles. The zero-order valence-electron chi connectivity index (χ0n) is 13.6. The van der Waals surface area contributed by atoms with Crippen LogP contribution >= 0.6 is 0 Å². The van der Waals surface area contributed by atoms with Crippen molar-refractivity contribution in [3.8, 4) is 5.95 Å². The van der Waals surface area contributed by atoms with Gasteiger partial charge in [0.1, 0.15) is 0 Å². The van der Waals surface area contributed by atoms with Crippen molar-refractivity contribution >= 4 is 11.6 Å². The van der Waals surface area contributed by atoms with E-state index in [9.17, 15) is 4.79 Å². The molecule has 7 heteroatoms. The van der Waals surface area contributed by atoms with Crippen LogP contribution in [0.3, 0.4) is 0 Å². The minimum atomic E-state index is -0.220. The van der Waals surface area contributed by atoms with E-state index in [0.717, 1.165) is 22.6 Å². The molecule has 0 N–H and O–H groups in total. The van der Waals surface area contributed by atoms with Gasteiger partial charge in [-0.3, -0.25) is 4.79 Å². The predicted octanol–water partition coefficient (Wildman–Crippen LogP) is 1.88. The molecule has 0 aromatic carbocycles. The fraction of sp³-hybridized carbons (Fsp3) is 0.375. The van der Waals surface area contributed by atoms with Crippen LogP contribution in [-0.2, 0) is 16.0 Å². The van der Waals surface area contributed by atoms with Crippen LogP contribution in [0.4, 0.5) is 0 Å². The molecule has 23 heavy (non-hydrogen) atoms. The summed E-state index contributed by atoms with van der Waals surface area (Å²) in [5.41, 5.74) is 3.60. The third-order valence-electron chi connectivity index (χ3n) is 3.97. The Balaban J connectivity index is 1.98. The molecule has 0 fully saturated rings. The number of pyridine rings is 1. The highest BCUT2D eigenvalue weighted by Gasteiger charge is 2.21. The van der Waals surface area contributed by atoms with Gasteiger partial charge in [0.15, 0.2) is 5.65 Å². The van der Waals surface area contributed by atoms with E-state index < -0.39 is 0 Å². The normalized spacial score (nSPS) is 12.5. The number of hydrogen-bond donors (Lipinski definition) is 0. The van der Waals surface area contributed by atoms with Gasteiger partial charge in [0.2, 0.25) is 0 Å².